The predicted molar refractivity (Wildman–Crippen MR) is 112 cm³/mol. The number of aromatic nitrogens is 2. The molecule has 0 aliphatic carbocycles. The Morgan fingerprint density at radius 2 is 1.74 bits per heavy atom. The van der Waals surface area contributed by atoms with Crippen LogP contribution in [-0.4, -0.2) is 44.0 Å². The number of hydrogen-bond donors (Lipinski definition) is 1. The monoisotopic (exact) mass is 427 g/mol. The quantitative estimate of drug-likeness (QED) is 0.526. The van der Waals surface area contributed by atoms with E-state index in [0.717, 1.165) is 5.56 Å². The molecule has 0 aliphatic heterocycles. The Kier molecular flexibility index (Phi) is 7.45. The number of carbonyl (C=O) groups excluding carboxylic acids is 1. The third kappa shape index (κ3) is 5.52. The maximum atomic E-state index is 12.2. The van der Waals surface area contributed by atoms with Gasteiger partial charge in [-0.05, 0) is 24.6 Å². The molecule has 0 unspecified atom stereocenters. The third-order valence-electron chi connectivity index (χ3n) is 4.46. The van der Waals surface area contributed by atoms with Crippen molar-refractivity contribution in [2.75, 3.05) is 27.9 Å². The Balaban J connectivity index is 1.62. The van der Waals surface area contributed by atoms with Crippen molar-refractivity contribution in [3.8, 4) is 28.6 Å². The van der Waals surface area contributed by atoms with Crippen LogP contribution in [0.25, 0.3) is 11.4 Å². The molecule has 0 saturated heterocycles. The number of methoxy groups -OCH3 is 3. The molecule has 164 valence electrons. The lowest BCUT2D eigenvalue weighted by Crippen LogP contribution is -2.30. The molecule has 1 atom stereocenters. The number of ether oxygens (including phenoxy) is 4. The fourth-order valence-corrected chi connectivity index (χ4v) is 2.92. The molecule has 0 fully saturated rings. The number of benzene rings is 2. The first-order valence-electron chi connectivity index (χ1n) is 9.60. The molecular weight excluding hydrogens is 402 g/mol. The van der Waals surface area contributed by atoms with Crippen LogP contribution in [0.3, 0.4) is 0 Å². The van der Waals surface area contributed by atoms with Crippen molar-refractivity contribution in [2.45, 2.75) is 19.6 Å². The van der Waals surface area contributed by atoms with Crippen molar-refractivity contribution in [1.29, 1.82) is 0 Å². The summed E-state index contributed by atoms with van der Waals surface area (Å²) in [6.07, 6.45) is 0. The number of amides is 1. The summed E-state index contributed by atoms with van der Waals surface area (Å²) in [7, 11) is 4.58. The molecular formula is C22H25N3O6. The van der Waals surface area contributed by atoms with Crippen LogP contribution in [0.4, 0.5) is 0 Å². The normalized spacial score (nSPS) is 11.6. The molecule has 31 heavy (non-hydrogen) atoms. The van der Waals surface area contributed by atoms with Crippen LogP contribution in [0.1, 0.15) is 24.4 Å². The van der Waals surface area contributed by atoms with Gasteiger partial charge in [-0.25, -0.2) is 0 Å². The summed E-state index contributed by atoms with van der Waals surface area (Å²) in [5.41, 5.74) is 1.62. The SMILES string of the molecule is COc1cc(-c2noc([C@@H](C)NC(=O)COCc3ccccc3)n2)cc(OC)c1OC. The fourth-order valence-electron chi connectivity index (χ4n) is 2.92. The van der Waals surface area contributed by atoms with E-state index < -0.39 is 6.04 Å². The molecule has 9 nitrogen and oxygen atoms in total. The maximum Gasteiger partial charge on any atom is 0.249 e. The lowest BCUT2D eigenvalue weighted by atomic mass is 10.1. The third-order valence-corrected chi connectivity index (χ3v) is 4.46. The molecule has 1 amide bonds. The van der Waals surface area contributed by atoms with Gasteiger partial charge in [0.15, 0.2) is 11.5 Å². The number of nitrogens with zero attached hydrogens (tertiary/aromatic N) is 2. The fraction of sp³-hybridized carbons (Fsp3) is 0.318. The largest absolute Gasteiger partial charge is 0.493 e. The van der Waals surface area contributed by atoms with Gasteiger partial charge >= 0.3 is 0 Å². The van der Waals surface area contributed by atoms with E-state index in [1.165, 1.54) is 21.3 Å². The van der Waals surface area contributed by atoms with Gasteiger partial charge in [0.1, 0.15) is 12.6 Å². The first-order chi connectivity index (χ1) is 15.0. The minimum absolute atomic E-state index is 0.0763. The summed E-state index contributed by atoms with van der Waals surface area (Å²) in [6.45, 7) is 2.03. The first kappa shape index (κ1) is 22.1. The van der Waals surface area contributed by atoms with Crippen molar-refractivity contribution in [3.63, 3.8) is 0 Å². The minimum atomic E-state index is -0.490. The van der Waals surface area contributed by atoms with E-state index in [-0.39, 0.29) is 18.4 Å². The molecule has 3 rings (SSSR count). The van der Waals surface area contributed by atoms with Crippen LogP contribution in [0.15, 0.2) is 47.0 Å². The van der Waals surface area contributed by atoms with Gasteiger partial charge in [-0.3, -0.25) is 4.79 Å². The smallest absolute Gasteiger partial charge is 0.249 e. The van der Waals surface area contributed by atoms with E-state index >= 15 is 0 Å². The molecule has 1 N–H and O–H groups in total. The molecule has 9 heteroatoms. The average molecular weight is 427 g/mol. The second kappa shape index (κ2) is 10.4. The second-order valence-electron chi connectivity index (χ2n) is 6.64. The number of hydrogen-bond acceptors (Lipinski definition) is 8. The van der Waals surface area contributed by atoms with E-state index in [4.69, 9.17) is 23.5 Å². The lowest BCUT2D eigenvalue weighted by Gasteiger charge is -2.12. The Bertz CT molecular complexity index is 980. The zero-order valence-corrected chi connectivity index (χ0v) is 17.9. The van der Waals surface area contributed by atoms with Crippen LogP contribution in [0, 0.1) is 0 Å². The molecule has 0 saturated carbocycles. The van der Waals surface area contributed by atoms with E-state index in [1.54, 1.807) is 19.1 Å². The summed E-state index contributed by atoms with van der Waals surface area (Å²) in [6, 6.07) is 12.6. The standard InChI is InChI=1S/C22H25N3O6/c1-14(23-19(26)13-30-12-15-8-6-5-7-9-15)22-24-21(25-31-22)16-10-17(27-2)20(29-4)18(11-16)28-3/h5-11,14H,12-13H2,1-4H3,(H,23,26)/t14-/m1/s1. The van der Waals surface area contributed by atoms with Crippen LogP contribution in [0.5, 0.6) is 17.2 Å². The van der Waals surface area contributed by atoms with Crippen LogP contribution >= 0.6 is 0 Å². The van der Waals surface area contributed by atoms with Gasteiger partial charge in [0, 0.05) is 5.56 Å². The molecule has 1 heterocycles. The molecule has 2 aromatic carbocycles. The van der Waals surface area contributed by atoms with Crippen molar-refractivity contribution in [1.82, 2.24) is 15.5 Å². The van der Waals surface area contributed by atoms with Crippen molar-refractivity contribution >= 4 is 5.91 Å². The molecule has 0 radical (unpaired) electrons. The lowest BCUT2D eigenvalue weighted by molar-refractivity contribution is -0.126. The van der Waals surface area contributed by atoms with Gasteiger partial charge in [-0.1, -0.05) is 35.5 Å². The Morgan fingerprint density at radius 3 is 2.35 bits per heavy atom. The average Bonchev–Trinajstić information content (AvgIpc) is 3.29. The summed E-state index contributed by atoms with van der Waals surface area (Å²) >= 11 is 0. The van der Waals surface area contributed by atoms with Gasteiger partial charge in [0.2, 0.25) is 23.4 Å². The maximum absolute atomic E-state index is 12.2. The summed E-state index contributed by atoms with van der Waals surface area (Å²) in [5, 5.41) is 6.78. The van der Waals surface area contributed by atoms with Crippen molar-refractivity contribution in [3.05, 3.63) is 53.9 Å². The number of nitrogens with one attached hydrogen (secondary N) is 1. The van der Waals surface area contributed by atoms with Gasteiger partial charge in [0.25, 0.3) is 0 Å². The Labute approximate surface area is 180 Å². The van der Waals surface area contributed by atoms with Crippen molar-refractivity contribution < 1.29 is 28.3 Å². The summed E-state index contributed by atoms with van der Waals surface area (Å²) in [4.78, 5) is 16.5. The highest BCUT2D eigenvalue weighted by Crippen LogP contribution is 2.40. The Hall–Kier alpha value is -3.59. The molecule has 0 bridgehead atoms. The summed E-state index contributed by atoms with van der Waals surface area (Å²) in [5.74, 6) is 1.72. The second-order valence-corrected chi connectivity index (χ2v) is 6.64. The van der Waals surface area contributed by atoms with E-state index in [1.807, 2.05) is 30.3 Å². The van der Waals surface area contributed by atoms with Gasteiger partial charge < -0.3 is 28.8 Å². The number of rotatable bonds is 10. The zero-order valence-electron chi connectivity index (χ0n) is 17.9. The van der Waals surface area contributed by atoms with E-state index in [9.17, 15) is 4.79 Å². The highest BCUT2D eigenvalue weighted by atomic mass is 16.5. The van der Waals surface area contributed by atoms with Crippen LogP contribution in [0.2, 0.25) is 0 Å². The topological polar surface area (TPSA) is 105 Å². The summed E-state index contributed by atoms with van der Waals surface area (Å²) < 4.78 is 26.8. The minimum Gasteiger partial charge on any atom is -0.493 e. The highest BCUT2D eigenvalue weighted by Gasteiger charge is 2.20. The highest BCUT2D eigenvalue weighted by molar-refractivity contribution is 5.77. The molecule has 0 spiro atoms. The predicted octanol–water partition coefficient (Wildman–Crippen LogP) is 3.16. The van der Waals surface area contributed by atoms with Gasteiger partial charge in [-0.2, -0.15) is 4.98 Å². The zero-order chi connectivity index (χ0) is 22.2. The van der Waals surface area contributed by atoms with Crippen molar-refractivity contribution in [2.24, 2.45) is 0 Å². The van der Waals surface area contributed by atoms with Crippen LogP contribution in [-0.2, 0) is 16.1 Å². The van der Waals surface area contributed by atoms with Gasteiger partial charge in [0.05, 0.1) is 27.9 Å². The molecule has 3 aromatic rings. The molecule has 1 aromatic heterocycles. The number of carbonyl (C=O) groups is 1. The van der Waals surface area contributed by atoms with E-state index in [0.29, 0.717) is 35.2 Å². The van der Waals surface area contributed by atoms with Gasteiger partial charge in [-0.15, -0.1) is 0 Å². The molecule has 0 aliphatic rings. The first-order valence-corrected chi connectivity index (χ1v) is 9.60. The van der Waals surface area contributed by atoms with Crippen LogP contribution < -0.4 is 19.5 Å². The van der Waals surface area contributed by atoms with E-state index in [2.05, 4.69) is 15.5 Å². The Morgan fingerprint density at radius 1 is 1.06 bits per heavy atom.